The quantitative estimate of drug-likeness (QED) is 0.515. The highest BCUT2D eigenvalue weighted by Crippen LogP contribution is 2.26. The molecule has 6 nitrogen and oxygen atoms in total. The Morgan fingerprint density at radius 3 is 2.41 bits per heavy atom. The molecule has 27 heavy (non-hydrogen) atoms. The minimum atomic E-state index is -0.378. The van der Waals surface area contributed by atoms with Crippen molar-refractivity contribution in [2.75, 3.05) is 20.8 Å². The molecule has 3 rings (SSSR count). The van der Waals surface area contributed by atoms with Crippen molar-refractivity contribution in [3.05, 3.63) is 66.2 Å². The summed E-state index contributed by atoms with van der Waals surface area (Å²) in [5.41, 5.74) is 3.26. The maximum absolute atomic E-state index is 12.0. The van der Waals surface area contributed by atoms with Crippen molar-refractivity contribution < 1.29 is 19.0 Å². The average molecular weight is 364 g/mol. The van der Waals surface area contributed by atoms with Crippen LogP contribution in [0.25, 0.3) is 10.8 Å². The largest absolute Gasteiger partial charge is 0.496 e. The molecule has 0 aliphatic heterocycles. The molecule has 3 aromatic carbocycles. The van der Waals surface area contributed by atoms with E-state index in [9.17, 15) is 4.79 Å². The fourth-order valence-electron chi connectivity index (χ4n) is 2.67. The number of carbonyl (C=O) groups excluding carboxylic acids is 1. The first-order chi connectivity index (χ1) is 13.2. The number of methoxy groups -OCH3 is 2. The lowest BCUT2D eigenvalue weighted by molar-refractivity contribution is -0.123. The molecule has 0 aliphatic carbocycles. The second-order valence-corrected chi connectivity index (χ2v) is 5.64. The number of hydrogen-bond donors (Lipinski definition) is 1. The molecular weight excluding hydrogens is 344 g/mol. The van der Waals surface area contributed by atoms with E-state index in [2.05, 4.69) is 10.5 Å². The number of para-hydroxylation sites is 2. The van der Waals surface area contributed by atoms with E-state index in [0.29, 0.717) is 17.2 Å². The molecule has 3 aromatic rings. The van der Waals surface area contributed by atoms with Crippen molar-refractivity contribution >= 4 is 22.9 Å². The topological polar surface area (TPSA) is 69.2 Å². The zero-order valence-electron chi connectivity index (χ0n) is 15.1. The fraction of sp³-hybridized carbons (Fsp3) is 0.143. The SMILES string of the molecule is COc1ccccc1OCC(=O)N/N=C\c1c(OC)ccc2ccccc12. The van der Waals surface area contributed by atoms with Crippen molar-refractivity contribution in [3.8, 4) is 17.2 Å². The number of nitrogens with zero attached hydrogens (tertiary/aromatic N) is 1. The van der Waals surface area contributed by atoms with Gasteiger partial charge in [-0.05, 0) is 29.0 Å². The molecule has 0 heterocycles. The van der Waals surface area contributed by atoms with Crippen molar-refractivity contribution in [2.24, 2.45) is 5.10 Å². The molecule has 0 bridgehead atoms. The predicted octanol–water partition coefficient (Wildman–Crippen LogP) is 3.39. The van der Waals surface area contributed by atoms with Gasteiger partial charge in [0.25, 0.3) is 5.91 Å². The van der Waals surface area contributed by atoms with Crippen LogP contribution in [0.15, 0.2) is 65.8 Å². The Morgan fingerprint density at radius 1 is 0.926 bits per heavy atom. The van der Waals surface area contributed by atoms with Gasteiger partial charge in [0.1, 0.15) is 5.75 Å². The first-order valence-corrected chi connectivity index (χ1v) is 8.36. The maximum Gasteiger partial charge on any atom is 0.277 e. The molecule has 0 saturated heterocycles. The molecule has 0 aromatic heterocycles. The number of rotatable bonds is 7. The molecule has 1 amide bonds. The molecule has 1 N–H and O–H groups in total. The molecular formula is C21H20N2O4. The van der Waals surface area contributed by atoms with E-state index in [-0.39, 0.29) is 12.5 Å². The van der Waals surface area contributed by atoms with E-state index in [1.807, 2.05) is 42.5 Å². The number of hydrogen-bond acceptors (Lipinski definition) is 5. The number of ether oxygens (including phenoxy) is 3. The van der Waals surface area contributed by atoms with Crippen molar-refractivity contribution in [1.29, 1.82) is 0 Å². The van der Waals surface area contributed by atoms with Gasteiger partial charge < -0.3 is 14.2 Å². The standard InChI is InChI=1S/C21H20N2O4/c1-25-18-12-11-15-7-3-4-8-16(15)17(18)13-22-23-21(24)14-27-20-10-6-5-9-19(20)26-2/h3-13H,14H2,1-2H3,(H,23,24)/b22-13-. The summed E-state index contributed by atoms with van der Waals surface area (Å²) in [6.07, 6.45) is 1.57. The Balaban J connectivity index is 1.67. The Bertz CT molecular complexity index is 969. The Kier molecular flexibility index (Phi) is 5.89. The lowest BCUT2D eigenvalue weighted by atomic mass is 10.0. The van der Waals surface area contributed by atoms with Crippen LogP contribution in [0, 0.1) is 0 Å². The number of fused-ring (bicyclic) bond motifs is 1. The third-order valence-corrected chi connectivity index (χ3v) is 3.96. The first-order valence-electron chi connectivity index (χ1n) is 8.36. The van der Waals surface area contributed by atoms with Crippen LogP contribution < -0.4 is 19.6 Å². The zero-order valence-corrected chi connectivity index (χ0v) is 15.1. The molecule has 6 heteroatoms. The number of benzene rings is 3. The van der Waals surface area contributed by atoms with Gasteiger partial charge >= 0.3 is 0 Å². The van der Waals surface area contributed by atoms with E-state index >= 15 is 0 Å². The molecule has 0 radical (unpaired) electrons. The molecule has 0 aliphatic rings. The zero-order chi connectivity index (χ0) is 19.1. The lowest BCUT2D eigenvalue weighted by Crippen LogP contribution is -2.24. The number of carbonyl (C=O) groups is 1. The van der Waals surface area contributed by atoms with Crippen LogP contribution in [0.1, 0.15) is 5.56 Å². The van der Waals surface area contributed by atoms with E-state index in [1.54, 1.807) is 38.6 Å². The Hall–Kier alpha value is -3.54. The van der Waals surface area contributed by atoms with Gasteiger partial charge in [0.15, 0.2) is 18.1 Å². The van der Waals surface area contributed by atoms with Gasteiger partial charge in [-0.2, -0.15) is 5.10 Å². The van der Waals surface area contributed by atoms with Gasteiger partial charge in [-0.3, -0.25) is 4.79 Å². The van der Waals surface area contributed by atoms with Crippen LogP contribution in [0.5, 0.6) is 17.2 Å². The summed E-state index contributed by atoms with van der Waals surface area (Å²) in [5, 5.41) is 6.09. The first kappa shape index (κ1) is 18.3. The fourth-order valence-corrected chi connectivity index (χ4v) is 2.67. The highest BCUT2D eigenvalue weighted by molar-refractivity contribution is 6.02. The van der Waals surface area contributed by atoms with E-state index in [4.69, 9.17) is 14.2 Å². The number of nitrogens with one attached hydrogen (secondary N) is 1. The van der Waals surface area contributed by atoms with Gasteiger partial charge in [0.05, 0.1) is 20.4 Å². The van der Waals surface area contributed by atoms with Gasteiger partial charge in [0, 0.05) is 5.56 Å². The number of hydrazone groups is 1. The van der Waals surface area contributed by atoms with Crippen LogP contribution in [-0.2, 0) is 4.79 Å². The lowest BCUT2D eigenvalue weighted by Gasteiger charge is -2.09. The second kappa shape index (κ2) is 8.71. The molecule has 0 unspecified atom stereocenters. The molecule has 0 saturated carbocycles. The Labute approximate surface area is 157 Å². The summed E-state index contributed by atoms with van der Waals surface area (Å²) in [5.74, 6) is 1.36. The predicted molar refractivity (Wildman–Crippen MR) is 105 cm³/mol. The van der Waals surface area contributed by atoms with Crippen molar-refractivity contribution in [3.63, 3.8) is 0 Å². The number of amides is 1. The monoisotopic (exact) mass is 364 g/mol. The maximum atomic E-state index is 12.0. The van der Waals surface area contributed by atoms with Gasteiger partial charge in [-0.15, -0.1) is 0 Å². The van der Waals surface area contributed by atoms with Crippen LogP contribution >= 0.6 is 0 Å². The second-order valence-electron chi connectivity index (χ2n) is 5.64. The summed E-state index contributed by atoms with van der Waals surface area (Å²) < 4.78 is 16.1. The molecule has 0 atom stereocenters. The van der Waals surface area contributed by atoms with Crippen molar-refractivity contribution in [1.82, 2.24) is 5.43 Å². The molecule has 0 fully saturated rings. The van der Waals surface area contributed by atoms with Crippen molar-refractivity contribution in [2.45, 2.75) is 0 Å². The highest BCUT2D eigenvalue weighted by atomic mass is 16.5. The summed E-state index contributed by atoms with van der Waals surface area (Å²) in [4.78, 5) is 12.0. The van der Waals surface area contributed by atoms with Crippen LogP contribution in [-0.4, -0.2) is 32.9 Å². The molecule has 138 valence electrons. The Morgan fingerprint density at radius 2 is 1.63 bits per heavy atom. The minimum Gasteiger partial charge on any atom is -0.496 e. The van der Waals surface area contributed by atoms with Gasteiger partial charge in [-0.1, -0.05) is 42.5 Å². The smallest absolute Gasteiger partial charge is 0.277 e. The third kappa shape index (κ3) is 4.36. The average Bonchev–Trinajstić information content (AvgIpc) is 2.72. The summed E-state index contributed by atoms with van der Waals surface area (Å²) >= 11 is 0. The summed E-state index contributed by atoms with van der Waals surface area (Å²) in [6, 6.07) is 18.9. The normalized spacial score (nSPS) is 10.7. The molecule has 0 spiro atoms. The van der Waals surface area contributed by atoms with E-state index < -0.39 is 0 Å². The van der Waals surface area contributed by atoms with Crippen LogP contribution in [0.3, 0.4) is 0 Å². The van der Waals surface area contributed by atoms with E-state index in [1.165, 1.54) is 0 Å². The van der Waals surface area contributed by atoms with Crippen LogP contribution in [0.4, 0.5) is 0 Å². The minimum absolute atomic E-state index is 0.176. The summed E-state index contributed by atoms with van der Waals surface area (Å²) in [7, 11) is 3.14. The van der Waals surface area contributed by atoms with Gasteiger partial charge in [-0.25, -0.2) is 5.43 Å². The third-order valence-electron chi connectivity index (χ3n) is 3.96. The van der Waals surface area contributed by atoms with Gasteiger partial charge in [0.2, 0.25) is 0 Å². The highest BCUT2D eigenvalue weighted by Gasteiger charge is 2.08. The van der Waals surface area contributed by atoms with Crippen LogP contribution in [0.2, 0.25) is 0 Å². The summed E-state index contributed by atoms with van der Waals surface area (Å²) in [6.45, 7) is -0.176. The van der Waals surface area contributed by atoms with E-state index in [0.717, 1.165) is 16.3 Å².